The van der Waals surface area contributed by atoms with Crippen molar-refractivity contribution in [3.8, 4) is 33.4 Å². The van der Waals surface area contributed by atoms with Crippen LogP contribution in [-0.4, -0.2) is 3.26 Å². The topological polar surface area (TPSA) is 0 Å². The van der Waals surface area contributed by atoms with Gasteiger partial charge in [-0.25, -0.2) is 0 Å². The third-order valence-electron chi connectivity index (χ3n) is 11.7. The van der Waals surface area contributed by atoms with Gasteiger partial charge in [0.25, 0.3) is 0 Å². The molecule has 0 atom stereocenters. The zero-order valence-corrected chi connectivity index (χ0v) is 40.3. The van der Waals surface area contributed by atoms with Crippen molar-refractivity contribution in [3.05, 3.63) is 200 Å². The van der Waals surface area contributed by atoms with Gasteiger partial charge in [-0.2, -0.15) is 0 Å². The molecule has 2 aliphatic rings. The normalized spacial score (nSPS) is 13.6. The number of benzene rings is 6. The van der Waals surface area contributed by atoms with E-state index in [2.05, 4.69) is 102 Å². The van der Waals surface area contributed by atoms with Crippen molar-refractivity contribution in [2.75, 3.05) is 0 Å². The van der Waals surface area contributed by atoms with E-state index in [1.165, 1.54) is 12.1 Å². The van der Waals surface area contributed by atoms with Gasteiger partial charge in [0.15, 0.2) is 0 Å². The van der Waals surface area contributed by atoms with Gasteiger partial charge in [0.1, 0.15) is 0 Å². The molecule has 0 amide bonds. The first-order valence-electron chi connectivity index (χ1n) is 20.2. The van der Waals surface area contributed by atoms with Crippen LogP contribution in [0.4, 0.5) is 26.3 Å². The molecular formula is C53H46Cl2F6Hf. The molecule has 0 bridgehead atoms. The molecule has 0 saturated heterocycles. The largest absolute Gasteiger partial charge is 1.00 e. The van der Waals surface area contributed by atoms with Gasteiger partial charge < -0.3 is 24.8 Å². The monoisotopic (exact) mass is 1050 g/mol. The van der Waals surface area contributed by atoms with Gasteiger partial charge in [-0.3, -0.25) is 0 Å². The predicted octanol–water partition coefficient (Wildman–Crippen LogP) is 9.46. The molecule has 0 unspecified atom stereocenters. The van der Waals surface area contributed by atoms with Gasteiger partial charge in [-0.1, -0.05) is 0 Å². The van der Waals surface area contributed by atoms with Gasteiger partial charge in [-0.05, 0) is 0 Å². The third-order valence-corrected chi connectivity index (χ3v) is 23.8. The minimum atomic E-state index is -4.65. The fraction of sp³-hybridized carbons (Fsp3) is 0.226. The van der Waals surface area contributed by atoms with E-state index in [-0.39, 0.29) is 39.3 Å². The fourth-order valence-corrected chi connectivity index (χ4v) is 22.0. The van der Waals surface area contributed by atoms with Crippen LogP contribution in [-0.2, 0) is 44.1 Å². The molecule has 318 valence electrons. The number of allylic oxidation sites excluding steroid dienone is 4. The van der Waals surface area contributed by atoms with Crippen molar-refractivity contribution < 1.29 is 72.1 Å². The zero-order valence-electron chi connectivity index (χ0n) is 35.2. The Morgan fingerprint density at radius 3 is 1.27 bits per heavy atom. The molecule has 8 rings (SSSR count). The van der Waals surface area contributed by atoms with Crippen LogP contribution in [0.25, 0.3) is 33.4 Å². The smallest absolute Gasteiger partial charge is 1.00 e. The Hall–Kier alpha value is -4.30. The summed E-state index contributed by atoms with van der Waals surface area (Å²) in [5.74, 6) is 0. The summed E-state index contributed by atoms with van der Waals surface area (Å²) in [5, 5.41) is 0. The summed E-state index contributed by atoms with van der Waals surface area (Å²) in [6, 6.07) is 40.2. The van der Waals surface area contributed by atoms with Crippen LogP contribution in [0.5, 0.6) is 0 Å². The second kappa shape index (κ2) is 17.7. The average Bonchev–Trinajstić information content (AvgIpc) is 3.85. The van der Waals surface area contributed by atoms with E-state index in [4.69, 9.17) is 0 Å². The molecule has 0 saturated carbocycles. The minimum absolute atomic E-state index is 0. The van der Waals surface area contributed by atoms with E-state index in [1.807, 2.05) is 42.5 Å². The van der Waals surface area contributed by atoms with Crippen molar-refractivity contribution in [2.24, 2.45) is 0 Å². The van der Waals surface area contributed by atoms with Gasteiger partial charge in [0.05, 0.1) is 0 Å². The van der Waals surface area contributed by atoms with E-state index in [0.29, 0.717) is 20.8 Å². The SMILES string of the molecule is CC(C)(C)c1cc2c(cc1-c1ccccc1)[CH]([Hf+2]([C]1=CC=CC1)=[C](c1cccc(C(F)(F)F)c1)c1cccc(C(F)(F)F)c1)c1cc(-c3ccccc3)c(C(C)(C)C)cc1-2.[Cl-].[Cl-]. The van der Waals surface area contributed by atoms with E-state index in [0.717, 1.165) is 83.2 Å². The Labute approximate surface area is 380 Å². The summed E-state index contributed by atoms with van der Waals surface area (Å²) in [6.45, 7) is 13.2. The van der Waals surface area contributed by atoms with Crippen LogP contribution in [0.3, 0.4) is 0 Å². The first-order valence-corrected chi connectivity index (χ1v) is 25.9. The number of hydrogen-bond acceptors (Lipinski definition) is 0. The van der Waals surface area contributed by atoms with Gasteiger partial charge in [-0.15, -0.1) is 0 Å². The summed E-state index contributed by atoms with van der Waals surface area (Å²) >= 11 is -4.08. The molecule has 0 aliphatic heterocycles. The summed E-state index contributed by atoms with van der Waals surface area (Å²) in [7, 11) is 0. The molecule has 0 aromatic heterocycles. The van der Waals surface area contributed by atoms with Gasteiger partial charge in [0, 0.05) is 0 Å². The Morgan fingerprint density at radius 1 is 0.500 bits per heavy atom. The minimum Gasteiger partial charge on any atom is -1.00 e. The third kappa shape index (κ3) is 9.19. The molecule has 0 heterocycles. The average molecular weight is 1050 g/mol. The molecule has 0 nitrogen and oxygen atoms in total. The van der Waals surface area contributed by atoms with E-state index in [1.54, 1.807) is 12.1 Å². The van der Waals surface area contributed by atoms with Crippen LogP contribution < -0.4 is 24.8 Å². The zero-order chi connectivity index (χ0) is 42.8. The van der Waals surface area contributed by atoms with Crippen LogP contribution in [0, 0.1) is 0 Å². The second-order valence-electron chi connectivity index (χ2n) is 17.9. The Balaban J connectivity index is 0.00000321. The molecule has 0 fully saturated rings. The Bertz CT molecular complexity index is 2550. The van der Waals surface area contributed by atoms with Crippen molar-refractivity contribution in [2.45, 2.75) is 74.8 Å². The first-order chi connectivity index (χ1) is 28.3. The van der Waals surface area contributed by atoms with E-state index in [9.17, 15) is 26.3 Å². The molecule has 6 aromatic rings. The Kier molecular flexibility index (Phi) is 13.5. The molecule has 9 heteroatoms. The fourth-order valence-electron chi connectivity index (χ4n) is 8.93. The number of fused-ring (bicyclic) bond motifs is 3. The molecule has 2 aliphatic carbocycles. The van der Waals surface area contributed by atoms with Crippen molar-refractivity contribution in [3.63, 3.8) is 0 Å². The van der Waals surface area contributed by atoms with Crippen LogP contribution in [0.1, 0.15) is 96.1 Å². The van der Waals surface area contributed by atoms with E-state index < -0.39 is 44.4 Å². The van der Waals surface area contributed by atoms with Crippen LogP contribution in [0.2, 0.25) is 0 Å². The number of alkyl halides is 6. The predicted molar refractivity (Wildman–Crippen MR) is 230 cm³/mol. The second-order valence-corrected chi connectivity index (χ2v) is 27.1. The summed E-state index contributed by atoms with van der Waals surface area (Å²) in [5.41, 5.74) is 9.33. The summed E-state index contributed by atoms with van der Waals surface area (Å²) < 4.78 is 88.9. The molecule has 6 aromatic carbocycles. The maximum atomic E-state index is 14.6. The molecule has 0 radical (unpaired) electrons. The van der Waals surface area contributed by atoms with Crippen LogP contribution >= 0.6 is 0 Å². The van der Waals surface area contributed by atoms with E-state index >= 15 is 0 Å². The molecule has 0 spiro atoms. The first kappa shape index (κ1) is 47.2. The van der Waals surface area contributed by atoms with Gasteiger partial charge >= 0.3 is 358 Å². The van der Waals surface area contributed by atoms with Crippen molar-refractivity contribution >= 4 is 3.26 Å². The summed E-state index contributed by atoms with van der Waals surface area (Å²) in [6.07, 6.45) is -2.58. The molecular weight excluding hydrogens is 1000 g/mol. The van der Waals surface area contributed by atoms with Gasteiger partial charge in [0.2, 0.25) is 0 Å². The van der Waals surface area contributed by atoms with Crippen molar-refractivity contribution in [1.82, 2.24) is 0 Å². The number of halogens is 8. The molecule has 62 heavy (non-hydrogen) atoms. The maximum absolute atomic E-state index is 14.6. The van der Waals surface area contributed by atoms with Crippen LogP contribution in [0.15, 0.2) is 155 Å². The number of hydrogen-bond donors (Lipinski definition) is 0. The summed E-state index contributed by atoms with van der Waals surface area (Å²) in [4.78, 5) is 0. The maximum Gasteiger partial charge on any atom is -1.00 e. The standard InChI is InChI=1S/C33H33.C15H8F6.C5H5.2ClH.Hf/c1-32(2,3)30-20-26-24(18-28(30)22-13-9-7-10-14-22)17-25-19-29(23-15-11-8-12-16-23)31(21-27(25)26)33(4,5)6;16-14(17,18)12-5-1-3-10(8-12)7-11-4-2-6-13(9-11)15(19,20)21;1-2-4-5-3-1;;;/h7-21H,1-6H3;1-6,8-9H;1-3H,4H2;2*1H;/q;;;;;+2/p-2. The number of rotatable bonds is 6. The molecule has 0 N–H and O–H groups in total. The Morgan fingerprint density at radius 2 is 0.919 bits per heavy atom. The van der Waals surface area contributed by atoms with Crippen molar-refractivity contribution in [1.29, 1.82) is 0 Å². The quantitative estimate of drug-likeness (QED) is 0.115.